The van der Waals surface area contributed by atoms with Crippen molar-refractivity contribution in [1.82, 2.24) is 25.2 Å². The summed E-state index contributed by atoms with van der Waals surface area (Å²) in [4.78, 5) is 60.0. The number of likely N-dealkylation sites (tertiary alicyclic amines) is 1. The van der Waals surface area contributed by atoms with E-state index in [0.29, 0.717) is 18.2 Å². The fourth-order valence-electron chi connectivity index (χ4n) is 5.56. The quantitative estimate of drug-likeness (QED) is 0.295. The Bertz CT molecular complexity index is 1730. The maximum absolute atomic E-state index is 14.5. The summed E-state index contributed by atoms with van der Waals surface area (Å²) in [6.07, 6.45) is 1.84. The number of ether oxygens (including phenoxy) is 2. The minimum atomic E-state index is -3.94. The Kier molecular flexibility index (Phi) is 10.7. The number of amides is 4. The first-order chi connectivity index (χ1) is 22.6. The molecule has 4 atom stereocenters. The molecule has 1 aliphatic heterocycles. The third kappa shape index (κ3) is 9.05. The number of rotatable bonds is 11. The molecule has 4 amide bonds. The standard InChI is InChI=1S/C34H46FN5O8S/c1-9-16-34(8,30(43)39-49(45,46)21-13-14-21)38-28(41)24-18-20(47-25-15-17-36-26-22(25)11-10-12-23(26)35)19-40(24)29(42)27(32(2,3)4)37-31(44)48-33(5,6)7/h9-12,15,17,20-21,24,27H,1,13-14,16,18-19H2,2-8H3,(H,37,44)(H,38,41)(H,39,43). The molecule has 1 aliphatic carbocycles. The average Bonchev–Trinajstić information content (AvgIpc) is 3.76. The topological polar surface area (TPSA) is 173 Å². The number of para-hydroxylation sites is 1. The van der Waals surface area contributed by atoms with E-state index in [1.165, 1.54) is 36.2 Å². The molecule has 0 radical (unpaired) electrons. The van der Waals surface area contributed by atoms with Gasteiger partial charge in [-0.15, -0.1) is 6.58 Å². The van der Waals surface area contributed by atoms with Crippen LogP contribution >= 0.6 is 0 Å². The Balaban J connectivity index is 1.67. The maximum Gasteiger partial charge on any atom is 0.408 e. The van der Waals surface area contributed by atoms with Crippen LogP contribution in [0, 0.1) is 11.2 Å². The van der Waals surface area contributed by atoms with Crippen molar-refractivity contribution in [3.63, 3.8) is 0 Å². The highest BCUT2D eigenvalue weighted by Gasteiger charge is 2.48. The van der Waals surface area contributed by atoms with Crippen LogP contribution in [0.25, 0.3) is 10.9 Å². The molecule has 4 unspecified atom stereocenters. The molecule has 2 fully saturated rings. The molecule has 0 bridgehead atoms. The Morgan fingerprint density at radius 2 is 1.78 bits per heavy atom. The zero-order chi connectivity index (χ0) is 36.5. The van der Waals surface area contributed by atoms with Crippen LogP contribution in [-0.2, 0) is 29.1 Å². The molecule has 2 aromatic rings. The molecular weight excluding hydrogens is 657 g/mol. The first kappa shape index (κ1) is 37.5. The second-order valence-electron chi connectivity index (χ2n) is 14.9. The van der Waals surface area contributed by atoms with Crippen molar-refractivity contribution >= 4 is 44.7 Å². The van der Waals surface area contributed by atoms with E-state index in [4.69, 9.17) is 9.47 Å². The summed E-state index contributed by atoms with van der Waals surface area (Å²) >= 11 is 0. The lowest BCUT2D eigenvalue weighted by Crippen LogP contribution is -2.62. The number of benzene rings is 1. The van der Waals surface area contributed by atoms with E-state index in [1.807, 2.05) is 0 Å². The average molecular weight is 704 g/mol. The van der Waals surface area contributed by atoms with Gasteiger partial charge < -0.3 is 25.0 Å². The Morgan fingerprint density at radius 1 is 1.10 bits per heavy atom. The highest BCUT2D eigenvalue weighted by molar-refractivity contribution is 7.91. The number of nitrogens with zero attached hydrogens (tertiary/aromatic N) is 2. The smallest absolute Gasteiger partial charge is 0.408 e. The first-order valence-corrected chi connectivity index (χ1v) is 17.7. The fraction of sp³-hybridized carbons (Fsp3) is 0.559. The van der Waals surface area contributed by atoms with Gasteiger partial charge in [0.2, 0.25) is 21.8 Å². The number of fused-ring (bicyclic) bond motifs is 1. The monoisotopic (exact) mass is 703 g/mol. The molecule has 4 rings (SSSR count). The summed E-state index contributed by atoms with van der Waals surface area (Å²) in [6.45, 7) is 15.2. The van der Waals surface area contributed by atoms with E-state index < -0.39 is 79.6 Å². The Labute approximate surface area is 286 Å². The van der Waals surface area contributed by atoms with Crippen LogP contribution in [0.15, 0.2) is 43.1 Å². The summed E-state index contributed by atoms with van der Waals surface area (Å²) < 4.78 is 53.5. The van der Waals surface area contributed by atoms with E-state index in [-0.39, 0.29) is 30.7 Å². The maximum atomic E-state index is 14.5. The van der Waals surface area contributed by atoms with Crippen LogP contribution in [0.1, 0.15) is 74.1 Å². The van der Waals surface area contributed by atoms with E-state index >= 15 is 0 Å². The van der Waals surface area contributed by atoms with Gasteiger partial charge in [-0.25, -0.2) is 17.6 Å². The number of sulfonamides is 1. The predicted octanol–water partition coefficient (Wildman–Crippen LogP) is 3.72. The number of carbonyl (C=O) groups excluding carboxylic acids is 4. The lowest BCUT2D eigenvalue weighted by Gasteiger charge is -2.36. The van der Waals surface area contributed by atoms with Gasteiger partial charge in [0.15, 0.2) is 0 Å². The highest BCUT2D eigenvalue weighted by Crippen LogP contribution is 2.32. The lowest BCUT2D eigenvalue weighted by atomic mass is 9.85. The largest absolute Gasteiger partial charge is 0.488 e. The highest BCUT2D eigenvalue weighted by atomic mass is 32.2. The number of nitrogens with one attached hydrogen (secondary N) is 3. The van der Waals surface area contributed by atoms with Crippen LogP contribution < -0.4 is 20.1 Å². The molecule has 15 heteroatoms. The number of hydrogen-bond acceptors (Lipinski definition) is 9. The number of aromatic nitrogens is 1. The molecule has 3 N–H and O–H groups in total. The normalized spacial score (nSPS) is 20.1. The van der Waals surface area contributed by atoms with Gasteiger partial charge in [0.25, 0.3) is 5.91 Å². The molecule has 1 aromatic carbocycles. The van der Waals surface area contributed by atoms with Crippen molar-refractivity contribution in [2.75, 3.05) is 6.54 Å². The summed E-state index contributed by atoms with van der Waals surface area (Å²) in [5.74, 6) is -2.57. The molecule has 268 valence electrons. The lowest BCUT2D eigenvalue weighted by molar-refractivity contribution is -0.143. The van der Waals surface area contributed by atoms with Crippen molar-refractivity contribution in [2.24, 2.45) is 5.41 Å². The van der Waals surface area contributed by atoms with Gasteiger partial charge in [0, 0.05) is 18.0 Å². The van der Waals surface area contributed by atoms with Crippen LogP contribution in [0.3, 0.4) is 0 Å². The van der Waals surface area contributed by atoms with Crippen molar-refractivity contribution in [1.29, 1.82) is 0 Å². The number of carbonyl (C=O) groups is 4. The van der Waals surface area contributed by atoms with Crippen molar-refractivity contribution in [3.05, 3.63) is 48.9 Å². The Morgan fingerprint density at radius 3 is 2.37 bits per heavy atom. The van der Waals surface area contributed by atoms with Gasteiger partial charge in [-0.2, -0.15) is 0 Å². The molecule has 1 saturated carbocycles. The van der Waals surface area contributed by atoms with E-state index in [1.54, 1.807) is 53.7 Å². The second kappa shape index (κ2) is 13.9. The summed E-state index contributed by atoms with van der Waals surface area (Å²) in [5, 5.41) is 5.03. The number of pyridine rings is 1. The molecule has 0 spiro atoms. The predicted molar refractivity (Wildman–Crippen MR) is 180 cm³/mol. The van der Waals surface area contributed by atoms with Crippen molar-refractivity contribution in [2.45, 2.75) is 109 Å². The van der Waals surface area contributed by atoms with Crippen LogP contribution in [0.2, 0.25) is 0 Å². The summed E-state index contributed by atoms with van der Waals surface area (Å²) in [5.41, 5.74) is -3.35. The summed E-state index contributed by atoms with van der Waals surface area (Å²) in [6, 6.07) is 3.60. The molecule has 2 aliphatic rings. The van der Waals surface area contributed by atoms with Gasteiger partial charge in [-0.1, -0.05) is 32.9 Å². The van der Waals surface area contributed by atoms with Gasteiger partial charge >= 0.3 is 6.09 Å². The third-order valence-electron chi connectivity index (χ3n) is 8.25. The van der Waals surface area contributed by atoms with Crippen molar-refractivity contribution < 1.29 is 41.5 Å². The van der Waals surface area contributed by atoms with Gasteiger partial charge in [-0.05, 0) is 70.6 Å². The van der Waals surface area contributed by atoms with Gasteiger partial charge in [0.05, 0.1) is 11.8 Å². The number of hydrogen-bond donors (Lipinski definition) is 3. The second-order valence-corrected chi connectivity index (χ2v) is 16.8. The van der Waals surface area contributed by atoms with E-state index in [0.717, 1.165) is 0 Å². The number of alkyl carbamates (subject to hydrolysis) is 1. The molecule has 49 heavy (non-hydrogen) atoms. The zero-order valence-electron chi connectivity index (χ0n) is 29.0. The molecule has 2 heterocycles. The van der Waals surface area contributed by atoms with Crippen LogP contribution in [-0.4, -0.2) is 83.2 Å². The minimum absolute atomic E-state index is 0.0494. The zero-order valence-corrected chi connectivity index (χ0v) is 29.8. The third-order valence-corrected chi connectivity index (χ3v) is 10.1. The molecular formula is C34H46FN5O8S. The number of halogens is 1. The summed E-state index contributed by atoms with van der Waals surface area (Å²) in [7, 11) is -3.94. The Hall–Kier alpha value is -4.27. The fourth-order valence-corrected chi connectivity index (χ4v) is 6.97. The molecule has 1 saturated heterocycles. The minimum Gasteiger partial charge on any atom is -0.488 e. The molecule has 13 nitrogen and oxygen atoms in total. The van der Waals surface area contributed by atoms with E-state index in [9.17, 15) is 32.0 Å². The van der Waals surface area contributed by atoms with E-state index in [2.05, 4.69) is 26.9 Å². The van der Waals surface area contributed by atoms with Crippen LogP contribution in [0.4, 0.5) is 9.18 Å². The van der Waals surface area contributed by atoms with Gasteiger partial charge in [-0.3, -0.25) is 24.1 Å². The SMILES string of the molecule is C=CCC(C)(NC(=O)C1CC(Oc2ccnc3c(F)cccc23)CN1C(=O)C(NC(=O)OC(C)(C)C)C(C)(C)C)C(=O)NS(=O)(=O)C1CC1. The van der Waals surface area contributed by atoms with Crippen LogP contribution in [0.5, 0.6) is 5.75 Å². The van der Waals surface area contributed by atoms with Crippen molar-refractivity contribution in [3.8, 4) is 5.75 Å². The first-order valence-electron chi connectivity index (χ1n) is 16.1. The molecule has 1 aromatic heterocycles. The van der Waals surface area contributed by atoms with Gasteiger partial charge in [0.1, 0.15) is 46.4 Å².